The van der Waals surface area contributed by atoms with Crippen LogP contribution in [0.3, 0.4) is 0 Å². The topological polar surface area (TPSA) is 47.3 Å². The van der Waals surface area contributed by atoms with Crippen LogP contribution in [-0.4, -0.2) is 23.4 Å². The maximum absolute atomic E-state index is 13.0. The summed E-state index contributed by atoms with van der Waals surface area (Å²) in [6.45, 7) is 4.46. The summed E-state index contributed by atoms with van der Waals surface area (Å²) in [6.07, 6.45) is 0.318. The van der Waals surface area contributed by atoms with Crippen LogP contribution in [0.5, 0.6) is 0 Å². The Labute approximate surface area is 174 Å². The number of carbonyl (C=O) groups is 1. The van der Waals surface area contributed by atoms with E-state index in [0.717, 1.165) is 21.8 Å². The molecule has 4 nitrogen and oxygen atoms in total. The van der Waals surface area contributed by atoms with Crippen molar-refractivity contribution >= 4 is 35.0 Å². The van der Waals surface area contributed by atoms with Gasteiger partial charge in [0, 0.05) is 23.0 Å². The summed E-state index contributed by atoms with van der Waals surface area (Å²) in [4.78, 5) is 16.9. The van der Waals surface area contributed by atoms with Gasteiger partial charge in [-0.1, -0.05) is 59.3 Å². The molecular formula is C22H20ClN3OS. The van der Waals surface area contributed by atoms with Gasteiger partial charge in [-0.25, -0.2) is 0 Å². The predicted molar refractivity (Wildman–Crippen MR) is 114 cm³/mol. The second-order valence-electron chi connectivity index (χ2n) is 7.16. The average Bonchev–Trinajstić information content (AvgIpc) is 2.70. The number of fused-ring (bicyclic) bond motifs is 1. The number of hydrogen-bond acceptors (Lipinski definition) is 4. The first-order valence-corrected chi connectivity index (χ1v) is 10.5. The monoisotopic (exact) mass is 409 g/mol. The minimum Gasteiger partial charge on any atom is -0.343 e. The van der Waals surface area contributed by atoms with Crippen molar-refractivity contribution in [1.82, 2.24) is 4.90 Å². The summed E-state index contributed by atoms with van der Waals surface area (Å²) < 4.78 is 0. The summed E-state index contributed by atoms with van der Waals surface area (Å²) in [7, 11) is 0. The fourth-order valence-electron chi connectivity index (χ4n) is 3.74. The van der Waals surface area contributed by atoms with Crippen LogP contribution in [0, 0.1) is 25.2 Å². The van der Waals surface area contributed by atoms with Gasteiger partial charge in [0.2, 0.25) is 5.91 Å². The molecular weight excluding hydrogens is 390 g/mol. The zero-order valence-corrected chi connectivity index (χ0v) is 17.3. The first-order valence-electron chi connectivity index (χ1n) is 9.13. The Morgan fingerprint density at radius 1 is 1.18 bits per heavy atom. The number of allylic oxidation sites excluding steroid dienone is 1. The highest BCUT2D eigenvalue weighted by Gasteiger charge is 2.38. The summed E-state index contributed by atoms with van der Waals surface area (Å²) in [5.74, 6) is 0.555. The molecule has 2 heterocycles. The number of aryl methyl sites for hydroxylation is 1. The Kier molecular flexibility index (Phi) is 5.09. The molecule has 1 saturated heterocycles. The van der Waals surface area contributed by atoms with Crippen molar-refractivity contribution < 1.29 is 4.79 Å². The van der Waals surface area contributed by atoms with Gasteiger partial charge in [-0.3, -0.25) is 9.69 Å². The fourth-order valence-corrected chi connectivity index (χ4v) is 5.06. The van der Waals surface area contributed by atoms with Crippen molar-refractivity contribution in [1.29, 1.82) is 5.26 Å². The lowest BCUT2D eigenvalue weighted by atomic mass is 9.86. The lowest BCUT2D eigenvalue weighted by Crippen LogP contribution is -2.47. The predicted octanol–water partition coefficient (Wildman–Crippen LogP) is 5.18. The van der Waals surface area contributed by atoms with Gasteiger partial charge in [-0.2, -0.15) is 5.26 Å². The van der Waals surface area contributed by atoms with Crippen LogP contribution >= 0.6 is 23.4 Å². The standard InChI is InChI=1S/C22H20ClN3OS/c1-14-6-8-16(9-7-14)17-10-21(27)26-12-25(13-28-22(26)18(17)11-24)20-5-3-4-19(23)15(20)2/h3-9,17H,10,12-13H2,1-2H3/t17-/m0/s1. The number of thioether (sulfide) groups is 1. The number of benzene rings is 2. The van der Waals surface area contributed by atoms with Crippen molar-refractivity contribution in [2.24, 2.45) is 0 Å². The van der Waals surface area contributed by atoms with E-state index in [4.69, 9.17) is 11.6 Å². The van der Waals surface area contributed by atoms with E-state index in [1.54, 1.807) is 16.7 Å². The van der Waals surface area contributed by atoms with E-state index in [-0.39, 0.29) is 11.8 Å². The van der Waals surface area contributed by atoms with Crippen LogP contribution in [0.15, 0.2) is 53.1 Å². The molecule has 1 amide bonds. The molecule has 2 aromatic rings. The number of nitrogens with zero attached hydrogens (tertiary/aromatic N) is 3. The van der Waals surface area contributed by atoms with Crippen molar-refractivity contribution in [2.75, 3.05) is 17.4 Å². The first-order chi connectivity index (χ1) is 13.5. The van der Waals surface area contributed by atoms with E-state index >= 15 is 0 Å². The molecule has 0 radical (unpaired) electrons. The first kappa shape index (κ1) is 18.9. The van der Waals surface area contributed by atoms with Gasteiger partial charge in [0.1, 0.15) is 0 Å². The van der Waals surface area contributed by atoms with E-state index in [1.165, 1.54) is 5.56 Å². The van der Waals surface area contributed by atoms with Gasteiger partial charge < -0.3 is 4.90 Å². The molecule has 2 aromatic carbocycles. The van der Waals surface area contributed by atoms with Crippen molar-refractivity contribution in [2.45, 2.75) is 26.2 Å². The molecule has 4 rings (SSSR count). The second-order valence-corrected chi connectivity index (χ2v) is 8.50. The molecule has 1 atom stereocenters. The van der Waals surface area contributed by atoms with Gasteiger partial charge in [-0.15, -0.1) is 0 Å². The molecule has 0 spiro atoms. The van der Waals surface area contributed by atoms with Gasteiger partial charge >= 0.3 is 0 Å². The van der Waals surface area contributed by atoms with Crippen LogP contribution in [0.4, 0.5) is 5.69 Å². The Balaban J connectivity index is 1.68. The third-order valence-electron chi connectivity index (χ3n) is 5.35. The van der Waals surface area contributed by atoms with E-state index in [2.05, 4.69) is 11.0 Å². The zero-order valence-electron chi connectivity index (χ0n) is 15.8. The fraction of sp³-hybridized carbons (Fsp3) is 0.273. The van der Waals surface area contributed by atoms with Crippen molar-refractivity contribution in [3.8, 4) is 6.07 Å². The summed E-state index contributed by atoms with van der Waals surface area (Å²) >= 11 is 7.82. The Bertz CT molecular complexity index is 1010. The Morgan fingerprint density at radius 3 is 2.64 bits per heavy atom. The van der Waals surface area contributed by atoms with Gasteiger partial charge in [0.15, 0.2) is 0 Å². The highest BCUT2D eigenvalue weighted by molar-refractivity contribution is 8.03. The SMILES string of the molecule is Cc1ccc([C@@H]2CC(=O)N3CN(c4cccc(Cl)c4C)CSC3=C2C#N)cc1. The summed E-state index contributed by atoms with van der Waals surface area (Å²) in [6, 6.07) is 16.3. The lowest BCUT2D eigenvalue weighted by Gasteiger charge is -2.42. The Hall–Kier alpha value is -2.42. The van der Waals surface area contributed by atoms with Gasteiger partial charge in [0.25, 0.3) is 0 Å². The number of amides is 1. The lowest BCUT2D eigenvalue weighted by molar-refractivity contribution is -0.129. The molecule has 0 N–H and O–H groups in total. The third-order valence-corrected chi connectivity index (χ3v) is 6.92. The van der Waals surface area contributed by atoms with Crippen LogP contribution in [-0.2, 0) is 4.79 Å². The van der Waals surface area contributed by atoms with Crippen LogP contribution in [0.2, 0.25) is 5.02 Å². The van der Waals surface area contributed by atoms with Crippen LogP contribution in [0.25, 0.3) is 0 Å². The highest BCUT2D eigenvalue weighted by Crippen LogP contribution is 2.43. The summed E-state index contributed by atoms with van der Waals surface area (Å²) in [5.41, 5.74) is 4.90. The normalized spacial score (nSPS) is 19.5. The van der Waals surface area contributed by atoms with E-state index < -0.39 is 0 Å². The molecule has 0 aromatic heterocycles. The van der Waals surface area contributed by atoms with Crippen LogP contribution in [0.1, 0.15) is 29.0 Å². The van der Waals surface area contributed by atoms with Crippen molar-refractivity contribution in [3.63, 3.8) is 0 Å². The number of hydrogen-bond donors (Lipinski definition) is 0. The summed E-state index contributed by atoms with van der Waals surface area (Å²) in [5, 5.41) is 11.4. The van der Waals surface area contributed by atoms with E-state index in [0.29, 0.717) is 29.6 Å². The molecule has 1 fully saturated rings. The smallest absolute Gasteiger partial charge is 0.229 e. The van der Waals surface area contributed by atoms with Crippen LogP contribution < -0.4 is 4.90 Å². The van der Waals surface area contributed by atoms with Gasteiger partial charge in [0.05, 0.1) is 29.2 Å². The van der Waals surface area contributed by atoms with Crippen molar-refractivity contribution in [3.05, 3.63) is 74.8 Å². The number of anilines is 1. The quantitative estimate of drug-likeness (QED) is 0.685. The maximum atomic E-state index is 13.0. The van der Waals surface area contributed by atoms with E-state index in [1.807, 2.05) is 56.3 Å². The number of carbonyl (C=O) groups excluding carboxylic acids is 1. The largest absolute Gasteiger partial charge is 0.343 e. The van der Waals surface area contributed by atoms with E-state index in [9.17, 15) is 10.1 Å². The zero-order chi connectivity index (χ0) is 19.8. The minimum absolute atomic E-state index is 0.0523. The molecule has 6 heteroatoms. The average molecular weight is 410 g/mol. The minimum atomic E-state index is -0.170. The molecule has 0 aliphatic carbocycles. The molecule has 0 saturated carbocycles. The number of rotatable bonds is 2. The maximum Gasteiger partial charge on any atom is 0.229 e. The highest BCUT2D eigenvalue weighted by atomic mass is 35.5. The number of nitriles is 1. The molecule has 142 valence electrons. The molecule has 0 bridgehead atoms. The molecule has 0 unspecified atom stereocenters. The second kappa shape index (κ2) is 7.54. The Morgan fingerprint density at radius 2 is 1.93 bits per heavy atom. The third kappa shape index (κ3) is 3.28. The molecule has 2 aliphatic rings. The number of halogens is 1. The molecule has 2 aliphatic heterocycles. The van der Waals surface area contributed by atoms with Gasteiger partial charge in [-0.05, 0) is 37.1 Å². The molecule has 28 heavy (non-hydrogen) atoms.